The minimum absolute atomic E-state index is 0.00501. The first-order valence-corrected chi connectivity index (χ1v) is 7.10. The summed E-state index contributed by atoms with van der Waals surface area (Å²) in [6.07, 6.45) is 1.76. The van der Waals surface area contributed by atoms with Crippen molar-refractivity contribution in [1.29, 1.82) is 0 Å². The molecule has 0 atom stereocenters. The smallest absolute Gasteiger partial charge is 0.159 e. The number of Topliss-reactive ketones (excluding diaryl/α,β-unsaturated/α-hetero) is 1. The van der Waals surface area contributed by atoms with Crippen LogP contribution in [0.2, 0.25) is 5.02 Å². The van der Waals surface area contributed by atoms with Crippen LogP contribution in [0.25, 0.3) is 16.7 Å². The predicted octanol–water partition coefficient (Wildman–Crippen LogP) is 4.50. The van der Waals surface area contributed by atoms with Gasteiger partial charge in [-0.3, -0.25) is 9.36 Å². The van der Waals surface area contributed by atoms with E-state index in [1.54, 1.807) is 18.5 Å². The largest absolute Gasteiger partial charge is 0.297 e. The minimum Gasteiger partial charge on any atom is -0.297 e. The van der Waals surface area contributed by atoms with Crippen LogP contribution in [-0.2, 0) is 0 Å². The van der Waals surface area contributed by atoms with Crippen molar-refractivity contribution in [3.8, 4) is 5.69 Å². The predicted molar refractivity (Wildman–Crippen MR) is 85.6 cm³/mol. The van der Waals surface area contributed by atoms with Crippen molar-refractivity contribution in [2.45, 2.75) is 20.8 Å². The van der Waals surface area contributed by atoms with Crippen LogP contribution in [0.3, 0.4) is 0 Å². The molecule has 3 rings (SSSR count). The van der Waals surface area contributed by atoms with E-state index in [9.17, 15) is 4.79 Å². The topological polar surface area (TPSA) is 34.9 Å². The number of carbonyl (C=O) groups is 1. The number of ketones is 1. The van der Waals surface area contributed by atoms with Crippen LogP contribution in [0.5, 0.6) is 0 Å². The van der Waals surface area contributed by atoms with E-state index in [-0.39, 0.29) is 5.78 Å². The van der Waals surface area contributed by atoms with Gasteiger partial charge in [-0.2, -0.15) is 0 Å². The van der Waals surface area contributed by atoms with Crippen LogP contribution in [0.15, 0.2) is 36.7 Å². The number of fused-ring (bicyclic) bond motifs is 1. The van der Waals surface area contributed by atoms with Gasteiger partial charge in [0.05, 0.1) is 21.7 Å². The highest BCUT2D eigenvalue weighted by molar-refractivity contribution is 6.32. The van der Waals surface area contributed by atoms with E-state index < -0.39 is 0 Å². The molecular weight excluding hydrogens is 284 g/mol. The number of rotatable bonds is 2. The molecule has 0 fully saturated rings. The molecule has 0 aliphatic rings. The van der Waals surface area contributed by atoms with Crippen LogP contribution >= 0.6 is 11.6 Å². The van der Waals surface area contributed by atoms with E-state index in [1.165, 1.54) is 18.1 Å². The highest BCUT2D eigenvalue weighted by Gasteiger charge is 2.11. The van der Waals surface area contributed by atoms with E-state index >= 15 is 0 Å². The number of imidazole rings is 1. The van der Waals surface area contributed by atoms with E-state index in [1.807, 2.05) is 10.6 Å². The fourth-order valence-electron chi connectivity index (χ4n) is 2.38. The average molecular weight is 299 g/mol. The van der Waals surface area contributed by atoms with Gasteiger partial charge in [0, 0.05) is 5.56 Å². The van der Waals surface area contributed by atoms with Gasteiger partial charge in [0.15, 0.2) is 5.78 Å². The molecule has 0 saturated carbocycles. The van der Waals surface area contributed by atoms with Crippen molar-refractivity contribution >= 4 is 28.4 Å². The fraction of sp³-hybridized carbons (Fsp3) is 0.176. The Kier molecular flexibility index (Phi) is 3.30. The van der Waals surface area contributed by atoms with Crippen LogP contribution in [0.4, 0.5) is 0 Å². The maximum absolute atomic E-state index is 11.4. The first-order chi connectivity index (χ1) is 9.97. The van der Waals surface area contributed by atoms with Gasteiger partial charge in [-0.15, -0.1) is 0 Å². The van der Waals surface area contributed by atoms with Crippen molar-refractivity contribution in [3.05, 3.63) is 58.4 Å². The van der Waals surface area contributed by atoms with Crippen molar-refractivity contribution in [2.24, 2.45) is 0 Å². The normalized spacial score (nSPS) is 11.0. The molecule has 0 bridgehead atoms. The van der Waals surface area contributed by atoms with Gasteiger partial charge in [0.25, 0.3) is 0 Å². The van der Waals surface area contributed by atoms with Gasteiger partial charge in [-0.05, 0) is 62.2 Å². The van der Waals surface area contributed by atoms with Gasteiger partial charge in [-0.25, -0.2) is 4.98 Å². The van der Waals surface area contributed by atoms with Gasteiger partial charge in [0.1, 0.15) is 6.33 Å². The molecule has 3 nitrogen and oxygen atoms in total. The van der Waals surface area contributed by atoms with Crippen molar-refractivity contribution in [1.82, 2.24) is 9.55 Å². The Morgan fingerprint density at radius 3 is 2.52 bits per heavy atom. The molecule has 0 spiro atoms. The van der Waals surface area contributed by atoms with Crippen molar-refractivity contribution in [3.63, 3.8) is 0 Å². The second kappa shape index (κ2) is 5.01. The van der Waals surface area contributed by atoms with Gasteiger partial charge in [0.2, 0.25) is 0 Å². The number of benzene rings is 2. The third-order valence-electron chi connectivity index (χ3n) is 3.78. The number of halogens is 1. The van der Waals surface area contributed by atoms with Gasteiger partial charge in [-0.1, -0.05) is 11.6 Å². The summed E-state index contributed by atoms with van der Waals surface area (Å²) in [5, 5.41) is 0.542. The molecule has 0 radical (unpaired) electrons. The highest BCUT2D eigenvalue weighted by Crippen LogP contribution is 2.27. The molecule has 0 amide bonds. The molecule has 4 heteroatoms. The Labute approximate surface area is 128 Å². The number of aromatic nitrogens is 2. The molecule has 0 aliphatic heterocycles. The van der Waals surface area contributed by atoms with Crippen molar-refractivity contribution in [2.75, 3.05) is 0 Å². The SMILES string of the molecule is CC(=O)c1ccc(-n2cnc3cc(C)c(C)cc32)c(Cl)c1. The summed E-state index contributed by atoms with van der Waals surface area (Å²) < 4.78 is 1.95. The summed E-state index contributed by atoms with van der Waals surface area (Å²) in [7, 11) is 0. The zero-order valence-electron chi connectivity index (χ0n) is 12.1. The van der Waals surface area contributed by atoms with Crippen LogP contribution in [-0.4, -0.2) is 15.3 Å². The lowest BCUT2D eigenvalue weighted by atomic mass is 10.1. The summed E-state index contributed by atoms with van der Waals surface area (Å²) in [6.45, 7) is 5.68. The lowest BCUT2D eigenvalue weighted by Gasteiger charge is -2.09. The minimum atomic E-state index is 0.00501. The summed E-state index contributed by atoms with van der Waals surface area (Å²) in [5.74, 6) is 0.00501. The Hall–Kier alpha value is -2.13. The molecule has 1 heterocycles. The molecule has 1 aromatic heterocycles. The van der Waals surface area contributed by atoms with Crippen LogP contribution in [0, 0.1) is 13.8 Å². The summed E-state index contributed by atoms with van der Waals surface area (Å²) in [6, 6.07) is 9.52. The first-order valence-electron chi connectivity index (χ1n) is 6.72. The number of aryl methyl sites for hydroxylation is 2. The molecule has 106 valence electrons. The van der Waals surface area contributed by atoms with E-state index in [0.717, 1.165) is 16.7 Å². The molecule has 21 heavy (non-hydrogen) atoms. The molecule has 0 saturated heterocycles. The molecule has 3 aromatic rings. The lowest BCUT2D eigenvalue weighted by Crippen LogP contribution is -1.97. The Balaban J connectivity index is 2.21. The Morgan fingerprint density at radius 1 is 1.14 bits per heavy atom. The number of carbonyl (C=O) groups excluding carboxylic acids is 1. The monoisotopic (exact) mass is 298 g/mol. The molecule has 2 aromatic carbocycles. The number of hydrogen-bond donors (Lipinski definition) is 0. The third-order valence-corrected chi connectivity index (χ3v) is 4.08. The maximum atomic E-state index is 11.4. The number of hydrogen-bond acceptors (Lipinski definition) is 2. The fourth-order valence-corrected chi connectivity index (χ4v) is 2.65. The second-order valence-corrected chi connectivity index (χ2v) is 5.67. The van der Waals surface area contributed by atoms with Gasteiger partial charge < -0.3 is 0 Å². The zero-order valence-corrected chi connectivity index (χ0v) is 12.9. The average Bonchev–Trinajstić information content (AvgIpc) is 2.82. The summed E-state index contributed by atoms with van der Waals surface area (Å²) in [5.41, 5.74) is 5.81. The molecule has 0 N–H and O–H groups in total. The Bertz CT molecular complexity index is 865. The standard InChI is InChI=1S/C17H15ClN2O/c1-10-6-15-17(7-11(10)2)20(9-19-15)16-5-4-13(12(3)21)8-14(16)18/h4-9H,1-3H3. The van der Waals surface area contributed by atoms with Crippen LogP contribution in [0.1, 0.15) is 28.4 Å². The molecule has 0 aliphatic carbocycles. The molecule has 0 unspecified atom stereocenters. The lowest BCUT2D eigenvalue weighted by molar-refractivity contribution is 0.101. The Morgan fingerprint density at radius 2 is 1.86 bits per heavy atom. The maximum Gasteiger partial charge on any atom is 0.159 e. The number of nitrogens with zero attached hydrogens (tertiary/aromatic N) is 2. The van der Waals surface area contributed by atoms with Gasteiger partial charge >= 0.3 is 0 Å². The highest BCUT2D eigenvalue weighted by atomic mass is 35.5. The van der Waals surface area contributed by atoms with Crippen LogP contribution < -0.4 is 0 Å². The quantitative estimate of drug-likeness (QED) is 0.653. The second-order valence-electron chi connectivity index (χ2n) is 5.26. The summed E-state index contributed by atoms with van der Waals surface area (Å²) >= 11 is 6.34. The summed E-state index contributed by atoms with van der Waals surface area (Å²) in [4.78, 5) is 15.8. The first kappa shape index (κ1) is 13.8. The van der Waals surface area contributed by atoms with E-state index in [2.05, 4.69) is 31.0 Å². The third kappa shape index (κ3) is 2.34. The van der Waals surface area contributed by atoms with E-state index in [4.69, 9.17) is 11.6 Å². The zero-order chi connectivity index (χ0) is 15.1. The van der Waals surface area contributed by atoms with Crippen molar-refractivity contribution < 1.29 is 4.79 Å². The molecular formula is C17H15ClN2O. The van der Waals surface area contributed by atoms with E-state index in [0.29, 0.717) is 10.6 Å².